The Balaban J connectivity index is 1.56. The summed E-state index contributed by atoms with van der Waals surface area (Å²) in [5.74, 6) is 1.14. The van der Waals surface area contributed by atoms with Crippen molar-refractivity contribution in [3.8, 4) is 0 Å². The molecule has 3 nitrogen and oxygen atoms in total. The van der Waals surface area contributed by atoms with E-state index in [0.29, 0.717) is 6.04 Å². The van der Waals surface area contributed by atoms with Gasteiger partial charge in [0.15, 0.2) is 5.16 Å². The molecule has 1 saturated heterocycles. The molecule has 0 amide bonds. The van der Waals surface area contributed by atoms with E-state index >= 15 is 0 Å². The monoisotopic (exact) mass is 275 g/mol. The van der Waals surface area contributed by atoms with Gasteiger partial charge >= 0.3 is 0 Å². The zero-order valence-corrected chi connectivity index (χ0v) is 12.2. The summed E-state index contributed by atoms with van der Waals surface area (Å²) in [6.07, 6.45) is 5.29. The Labute approximate surface area is 118 Å². The van der Waals surface area contributed by atoms with Crippen molar-refractivity contribution in [3.63, 3.8) is 0 Å². The van der Waals surface area contributed by atoms with Crippen LogP contribution in [0.25, 0.3) is 11.0 Å². The van der Waals surface area contributed by atoms with Crippen molar-refractivity contribution in [2.45, 2.75) is 43.8 Å². The number of nitrogens with one attached hydrogen (secondary N) is 2. The summed E-state index contributed by atoms with van der Waals surface area (Å²) in [6.45, 7) is 3.31. The predicted molar refractivity (Wildman–Crippen MR) is 81.8 cm³/mol. The average molecular weight is 275 g/mol. The molecule has 19 heavy (non-hydrogen) atoms. The fraction of sp³-hybridized carbons (Fsp3) is 0.533. The molecule has 102 valence electrons. The number of thioether (sulfide) groups is 1. The van der Waals surface area contributed by atoms with Gasteiger partial charge in [-0.05, 0) is 50.4 Å². The molecular formula is C15H21N3S. The molecule has 0 bridgehead atoms. The second-order valence-electron chi connectivity index (χ2n) is 5.35. The number of rotatable bonds is 4. The second-order valence-corrected chi connectivity index (χ2v) is 6.43. The van der Waals surface area contributed by atoms with Crippen LogP contribution in [0.2, 0.25) is 0 Å². The molecule has 3 rings (SSSR count). The molecule has 1 aliphatic rings. The molecule has 0 aliphatic carbocycles. The molecule has 1 aliphatic heterocycles. The minimum Gasteiger partial charge on any atom is -0.333 e. The van der Waals surface area contributed by atoms with Crippen molar-refractivity contribution in [3.05, 3.63) is 23.8 Å². The first kappa shape index (κ1) is 13.0. The summed E-state index contributed by atoms with van der Waals surface area (Å²) < 4.78 is 0. The lowest BCUT2D eigenvalue weighted by Crippen LogP contribution is -2.34. The number of imidazole rings is 1. The third-order valence-electron chi connectivity index (χ3n) is 3.73. The Hall–Kier alpha value is -1.00. The Morgan fingerprint density at radius 2 is 2.32 bits per heavy atom. The van der Waals surface area contributed by atoms with Crippen molar-refractivity contribution in [2.24, 2.45) is 0 Å². The van der Waals surface area contributed by atoms with Crippen molar-refractivity contribution in [1.29, 1.82) is 0 Å². The van der Waals surface area contributed by atoms with Gasteiger partial charge < -0.3 is 10.3 Å². The van der Waals surface area contributed by atoms with Crippen molar-refractivity contribution < 1.29 is 0 Å². The number of aryl methyl sites for hydroxylation is 1. The van der Waals surface area contributed by atoms with E-state index in [1.807, 2.05) is 11.8 Å². The molecule has 0 radical (unpaired) electrons. The van der Waals surface area contributed by atoms with Gasteiger partial charge in [-0.25, -0.2) is 4.98 Å². The van der Waals surface area contributed by atoms with Crippen LogP contribution in [0.15, 0.2) is 23.4 Å². The number of nitrogens with zero attached hydrogens (tertiary/aromatic N) is 1. The van der Waals surface area contributed by atoms with E-state index in [-0.39, 0.29) is 0 Å². The van der Waals surface area contributed by atoms with Gasteiger partial charge in [0, 0.05) is 11.8 Å². The molecule has 1 aromatic heterocycles. The molecule has 4 heteroatoms. The Morgan fingerprint density at radius 1 is 1.37 bits per heavy atom. The van der Waals surface area contributed by atoms with Gasteiger partial charge in [-0.3, -0.25) is 0 Å². The lowest BCUT2D eigenvalue weighted by Gasteiger charge is -2.22. The van der Waals surface area contributed by atoms with Crippen molar-refractivity contribution >= 4 is 22.8 Å². The fourth-order valence-electron chi connectivity index (χ4n) is 2.64. The minimum absolute atomic E-state index is 0.716. The highest BCUT2D eigenvalue weighted by molar-refractivity contribution is 7.99. The van der Waals surface area contributed by atoms with Gasteiger partial charge in [0.1, 0.15) is 0 Å². The zero-order chi connectivity index (χ0) is 13.1. The van der Waals surface area contributed by atoms with Gasteiger partial charge in [0.25, 0.3) is 0 Å². The molecular weight excluding hydrogens is 254 g/mol. The summed E-state index contributed by atoms with van der Waals surface area (Å²) in [5.41, 5.74) is 3.50. The van der Waals surface area contributed by atoms with Gasteiger partial charge in [0.05, 0.1) is 11.0 Å². The first-order chi connectivity index (χ1) is 9.31. The summed E-state index contributed by atoms with van der Waals surface area (Å²) in [6, 6.07) is 7.08. The first-order valence-electron chi connectivity index (χ1n) is 7.14. The molecule has 2 heterocycles. The minimum atomic E-state index is 0.716. The van der Waals surface area contributed by atoms with Crippen LogP contribution in [0.3, 0.4) is 0 Å². The number of hydrogen-bond acceptors (Lipinski definition) is 3. The Bertz CT molecular complexity index is 543. The SMILES string of the molecule is Cc1ccc2nc(SCCC3CCCCN3)[nH]c2c1. The van der Waals surface area contributed by atoms with Crippen LogP contribution in [-0.4, -0.2) is 28.3 Å². The normalized spacial score (nSPS) is 19.9. The smallest absolute Gasteiger partial charge is 0.166 e. The quantitative estimate of drug-likeness (QED) is 0.839. The largest absolute Gasteiger partial charge is 0.333 e. The lowest BCUT2D eigenvalue weighted by molar-refractivity contribution is 0.394. The number of aromatic nitrogens is 2. The van der Waals surface area contributed by atoms with E-state index in [4.69, 9.17) is 0 Å². The van der Waals surface area contributed by atoms with Gasteiger partial charge in [-0.15, -0.1) is 0 Å². The maximum Gasteiger partial charge on any atom is 0.166 e. The molecule has 1 fully saturated rings. The average Bonchev–Trinajstić information content (AvgIpc) is 2.82. The molecule has 0 spiro atoms. The van der Waals surface area contributed by atoms with Crippen molar-refractivity contribution in [2.75, 3.05) is 12.3 Å². The fourth-order valence-corrected chi connectivity index (χ4v) is 3.58. The highest BCUT2D eigenvalue weighted by atomic mass is 32.2. The number of piperidine rings is 1. The first-order valence-corrected chi connectivity index (χ1v) is 8.12. The van der Waals surface area contributed by atoms with Crippen LogP contribution < -0.4 is 5.32 Å². The van der Waals surface area contributed by atoms with Crippen LogP contribution in [-0.2, 0) is 0 Å². The van der Waals surface area contributed by atoms with Gasteiger partial charge in [-0.2, -0.15) is 0 Å². The molecule has 1 atom stereocenters. The van der Waals surface area contributed by atoms with E-state index < -0.39 is 0 Å². The number of H-pyrrole nitrogens is 1. The van der Waals surface area contributed by atoms with Crippen molar-refractivity contribution in [1.82, 2.24) is 15.3 Å². The second kappa shape index (κ2) is 5.97. The Morgan fingerprint density at radius 3 is 3.16 bits per heavy atom. The number of hydrogen-bond donors (Lipinski definition) is 2. The molecule has 2 aromatic rings. The summed E-state index contributed by atoms with van der Waals surface area (Å²) in [7, 11) is 0. The Kier molecular flexibility index (Phi) is 4.09. The van der Waals surface area contributed by atoms with E-state index in [9.17, 15) is 0 Å². The third kappa shape index (κ3) is 3.31. The summed E-state index contributed by atoms with van der Waals surface area (Å²) in [5, 5.41) is 4.65. The highest BCUT2D eigenvalue weighted by Gasteiger charge is 2.12. The molecule has 0 saturated carbocycles. The van der Waals surface area contributed by atoms with Gasteiger partial charge in [0.2, 0.25) is 0 Å². The topological polar surface area (TPSA) is 40.7 Å². The maximum absolute atomic E-state index is 4.62. The van der Waals surface area contributed by atoms with E-state index in [2.05, 4.69) is 40.4 Å². The lowest BCUT2D eigenvalue weighted by atomic mass is 10.0. The van der Waals surface area contributed by atoms with Crippen LogP contribution in [0.4, 0.5) is 0 Å². The number of fused-ring (bicyclic) bond motifs is 1. The van der Waals surface area contributed by atoms with E-state index in [1.54, 1.807) is 0 Å². The summed E-state index contributed by atoms with van der Waals surface area (Å²) >= 11 is 1.84. The van der Waals surface area contributed by atoms with Gasteiger partial charge in [-0.1, -0.05) is 24.2 Å². The molecule has 1 aromatic carbocycles. The molecule has 2 N–H and O–H groups in total. The third-order valence-corrected chi connectivity index (χ3v) is 4.64. The number of aromatic amines is 1. The highest BCUT2D eigenvalue weighted by Crippen LogP contribution is 2.22. The maximum atomic E-state index is 4.62. The standard InChI is InChI=1S/C15H21N3S/c1-11-5-6-13-14(10-11)18-15(17-13)19-9-7-12-4-2-3-8-16-12/h5-6,10,12,16H,2-4,7-9H2,1H3,(H,17,18). The van der Waals surface area contributed by atoms with Crippen LogP contribution in [0, 0.1) is 6.92 Å². The molecule has 1 unspecified atom stereocenters. The van der Waals surface area contributed by atoms with Crippen LogP contribution in [0.1, 0.15) is 31.2 Å². The van der Waals surface area contributed by atoms with E-state index in [0.717, 1.165) is 21.9 Å². The van der Waals surface area contributed by atoms with Crippen LogP contribution >= 0.6 is 11.8 Å². The predicted octanol–water partition coefficient (Wildman–Crippen LogP) is 3.50. The number of benzene rings is 1. The van der Waals surface area contributed by atoms with E-state index in [1.165, 1.54) is 37.8 Å². The summed E-state index contributed by atoms with van der Waals surface area (Å²) in [4.78, 5) is 8.03. The van der Waals surface area contributed by atoms with Crippen LogP contribution in [0.5, 0.6) is 0 Å². The zero-order valence-electron chi connectivity index (χ0n) is 11.4.